The van der Waals surface area contributed by atoms with Gasteiger partial charge in [0.15, 0.2) is 0 Å². The summed E-state index contributed by atoms with van der Waals surface area (Å²) >= 11 is 5.93. The van der Waals surface area contributed by atoms with Gasteiger partial charge in [-0.3, -0.25) is 4.79 Å². The van der Waals surface area contributed by atoms with Crippen molar-refractivity contribution >= 4 is 29.1 Å². The lowest BCUT2D eigenvalue weighted by molar-refractivity contribution is 0.102. The van der Waals surface area contributed by atoms with Gasteiger partial charge in [0.05, 0.1) is 5.56 Å². The fourth-order valence-corrected chi connectivity index (χ4v) is 3.00. The highest BCUT2D eigenvalue weighted by Gasteiger charge is 2.18. The van der Waals surface area contributed by atoms with Crippen molar-refractivity contribution in [1.82, 2.24) is 9.97 Å². The van der Waals surface area contributed by atoms with E-state index in [0.29, 0.717) is 16.5 Å². The van der Waals surface area contributed by atoms with Gasteiger partial charge >= 0.3 is 0 Å². The Hall–Kier alpha value is -2.14. The average molecular weight is 345 g/mol. The molecule has 1 aliphatic heterocycles. The Morgan fingerprint density at radius 1 is 1.25 bits per heavy atom. The van der Waals surface area contributed by atoms with Crippen LogP contribution in [0.25, 0.3) is 0 Å². The van der Waals surface area contributed by atoms with Crippen LogP contribution in [0.3, 0.4) is 0 Å². The molecule has 0 unspecified atom stereocenters. The second kappa shape index (κ2) is 7.18. The third kappa shape index (κ3) is 3.85. The highest BCUT2D eigenvalue weighted by Crippen LogP contribution is 2.21. The molecule has 1 aromatic carbocycles. The fourth-order valence-electron chi connectivity index (χ4n) is 2.77. The summed E-state index contributed by atoms with van der Waals surface area (Å²) in [5.41, 5.74) is 2.09. The van der Waals surface area contributed by atoms with Gasteiger partial charge in [-0.15, -0.1) is 0 Å². The molecule has 126 valence electrons. The summed E-state index contributed by atoms with van der Waals surface area (Å²) in [5.74, 6) is 1.23. The molecule has 2 aromatic rings. The molecule has 0 aliphatic carbocycles. The van der Waals surface area contributed by atoms with E-state index in [1.54, 1.807) is 24.5 Å². The maximum absolute atomic E-state index is 12.3. The summed E-state index contributed by atoms with van der Waals surface area (Å²) in [6.45, 7) is 6.11. The van der Waals surface area contributed by atoms with Gasteiger partial charge in [-0.05, 0) is 49.4 Å². The summed E-state index contributed by atoms with van der Waals surface area (Å²) in [6, 6.07) is 5.36. The Balaban J connectivity index is 1.67. The van der Waals surface area contributed by atoms with Gasteiger partial charge in [-0.25, -0.2) is 9.97 Å². The number of benzene rings is 1. The van der Waals surface area contributed by atoms with Gasteiger partial charge in [0.1, 0.15) is 0 Å². The van der Waals surface area contributed by atoms with Crippen LogP contribution in [0, 0.1) is 12.8 Å². The van der Waals surface area contributed by atoms with E-state index in [1.165, 1.54) is 0 Å². The lowest BCUT2D eigenvalue weighted by Crippen LogP contribution is -2.34. The smallest absolute Gasteiger partial charge is 0.258 e. The Labute approximate surface area is 147 Å². The maximum atomic E-state index is 12.3. The molecule has 6 heteroatoms. The van der Waals surface area contributed by atoms with Crippen LogP contribution in [0.15, 0.2) is 30.6 Å². The van der Waals surface area contributed by atoms with Crippen molar-refractivity contribution in [3.8, 4) is 0 Å². The fraction of sp³-hybridized carbons (Fsp3) is 0.389. The van der Waals surface area contributed by atoms with E-state index in [-0.39, 0.29) is 5.91 Å². The minimum atomic E-state index is -0.223. The van der Waals surface area contributed by atoms with Crippen LogP contribution < -0.4 is 10.2 Å². The first-order valence-electron chi connectivity index (χ1n) is 8.17. The minimum absolute atomic E-state index is 0.223. The number of halogens is 1. The van der Waals surface area contributed by atoms with Crippen molar-refractivity contribution in [3.05, 3.63) is 46.7 Å². The van der Waals surface area contributed by atoms with Crippen molar-refractivity contribution in [2.75, 3.05) is 23.3 Å². The number of nitrogens with zero attached hydrogens (tertiary/aromatic N) is 3. The normalized spacial score (nSPS) is 15.4. The van der Waals surface area contributed by atoms with Crippen LogP contribution in [-0.4, -0.2) is 29.0 Å². The summed E-state index contributed by atoms with van der Waals surface area (Å²) < 4.78 is 0. The monoisotopic (exact) mass is 344 g/mol. The highest BCUT2D eigenvalue weighted by molar-refractivity contribution is 6.30. The van der Waals surface area contributed by atoms with Gasteiger partial charge in [-0.1, -0.05) is 18.5 Å². The number of carbonyl (C=O) groups excluding carboxylic acids is 1. The number of nitrogens with one attached hydrogen (secondary N) is 1. The molecule has 1 aromatic heterocycles. The van der Waals surface area contributed by atoms with E-state index in [4.69, 9.17) is 11.6 Å². The zero-order valence-corrected chi connectivity index (χ0v) is 14.7. The Morgan fingerprint density at radius 3 is 2.54 bits per heavy atom. The molecule has 0 atom stereocenters. The second-order valence-corrected chi connectivity index (χ2v) is 6.79. The topological polar surface area (TPSA) is 58.1 Å². The highest BCUT2D eigenvalue weighted by atomic mass is 35.5. The van der Waals surface area contributed by atoms with E-state index in [0.717, 1.165) is 43.1 Å². The molecule has 0 radical (unpaired) electrons. The molecule has 0 spiro atoms. The first-order valence-corrected chi connectivity index (χ1v) is 8.55. The van der Waals surface area contributed by atoms with Crippen LogP contribution in [0.5, 0.6) is 0 Å². The predicted molar refractivity (Wildman–Crippen MR) is 96.8 cm³/mol. The summed E-state index contributed by atoms with van der Waals surface area (Å²) in [7, 11) is 0. The number of carbonyl (C=O) groups is 1. The lowest BCUT2D eigenvalue weighted by Gasteiger charge is -2.30. The van der Waals surface area contributed by atoms with Gasteiger partial charge in [-0.2, -0.15) is 0 Å². The predicted octanol–water partition coefficient (Wildman–Crippen LogP) is 3.93. The molecule has 1 fully saturated rings. The number of hydrogen-bond acceptors (Lipinski definition) is 4. The lowest BCUT2D eigenvalue weighted by atomic mass is 10.00. The molecule has 24 heavy (non-hydrogen) atoms. The Morgan fingerprint density at radius 2 is 1.92 bits per heavy atom. The zero-order valence-electron chi connectivity index (χ0n) is 13.9. The second-order valence-electron chi connectivity index (χ2n) is 6.35. The number of piperidine rings is 1. The van der Waals surface area contributed by atoms with E-state index < -0.39 is 0 Å². The minimum Gasteiger partial charge on any atom is -0.341 e. The molecule has 1 saturated heterocycles. The van der Waals surface area contributed by atoms with Gasteiger partial charge in [0.2, 0.25) is 5.95 Å². The Kier molecular flexibility index (Phi) is 5.00. The molecule has 0 bridgehead atoms. The van der Waals surface area contributed by atoms with E-state index in [1.807, 2.05) is 13.0 Å². The van der Waals surface area contributed by atoms with Crippen molar-refractivity contribution in [3.63, 3.8) is 0 Å². The zero-order chi connectivity index (χ0) is 17.1. The molecule has 1 amide bonds. The van der Waals surface area contributed by atoms with Gasteiger partial charge in [0.25, 0.3) is 5.91 Å². The third-order valence-electron chi connectivity index (χ3n) is 4.40. The Bertz CT molecular complexity index is 724. The average Bonchev–Trinajstić information content (AvgIpc) is 2.58. The first-order chi connectivity index (χ1) is 11.5. The molecule has 0 saturated carbocycles. The SMILES string of the molecule is Cc1cc(Cl)ccc1NC(=O)c1cnc(N2CCC(C)CC2)nc1. The van der Waals surface area contributed by atoms with Crippen molar-refractivity contribution < 1.29 is 4.79 Å². The van der Waals surface area contributed by atoms with Crippen LogP contribution >= 0.6 is 11.6 Å². The number of amides is 1. The number of rotatable bonds is 3. The van der Waals surface area contributed by atoms with Gasteiger partial charge < -0.3 is 10.2 Å². The summed E-state index contributed by atoms with van der Waals surface area (Å²) in [6.07, 6.45) is 5.48. The van der Waals surface area contributed by atoms with E-state index in [2.05, 4.69) is 27.1 Å². The molecule has 1 aliphatic rings. The number of aryl methyl sites for hydroxylation is 1. The molecular weight excluding hydrogens is 324 g/mol. The molecule has 1 N–H and O–H groups in total. The quantitative estimate of drug-likeness (QED) is 0.916. The maximum Gasteiger partial charge on any atom is 0.258 e. The first kappa shape index (κ1) is 16.7. The van der Waals surface area contributed by atoms with E-state index in [9.17, 15) is 4.79 Å². The van der Waals surface area contributed by atoms with Crippen molar-refractivity contribution in [1.29, 1.82) is 0 Å². The largest absolute Gasteiger partial charge is 0.341 e. The van der Waals surface area contributed by atoms with Crippen molar-refractivity contribution in [2.45, 2.75) is 26.7 Å². The number of anilines is 2. The number of aromatic nitrogens is 2. The molecule has 5 nitrogen and oxygen atoms in total. The van der Waals surface area contributed by atoms with Crippen LogP contribution in [-0.2, 0) is 0 Å². The summed E-state index contributed by atoms with van der Waals surface area (Å²) in [4.78, 5) is 23.2. The van der Waals surface area contributed by atoms with Gasteiger partial charge in [0, 0.05) is 36.2 Å². The summed E-state index contributed by atoms with van der Waals surface area (Å²) in [5, 5.41) is 3.51. The standard InChI is InChI=1S/C18H21ClN4O/c1-12-5-7-23(8-6-12)18-20-10-14(11-21-18)17(24)22-16-4-3-15(19)9-13(16)2/h3-4,9-12H,5-8H2,1-2H3,(H,22,24). The van der Waals surface area contributed by atoms with Crippen LogP contribution in [0.1, 0.15) is 35.7 Å². The molecule has 3 rings (SSSR count). The number of hydrogen-bond donors (Lipinski definition) is 1. The van der Waals surface area contributed by atoms with Crippen LogP contribution in [0.4, 0.5) is 11.6 Å². The van der Waals surface area contributed by atoms with E-state index >= 15 is 0 Å². The third-order valence-corrected chi connectivity index (χ3v) is 4.64. The molecule has 2 heterocycles. The van der Waals surface area contributed by atoms with Crippen LogP contribution in [0.2, 0.25) is 5.02 Å². The van der Waals surface area contributed by atoms with Crippen molar-refractivity contribution in [2.24, 2.45) is 5.92 Å². The molecular formula is C18H21ClN4O.